The number of nitrogens with zero attached hydrogens (tertiary/aromatic N) is 3. The van der Waals surface area contributed by atoms with E-state index in [0.29, 0.717) is 31.5 Å². The van der Waals surface area contributed by atoms with E-state index >= 15 is 0 Å². The van der Waals surface area contributed by atoms with Crippen LogP contribution in [0.25, 0.3) is 0 Å². The van der Waals surface area contributed by atoms with Crippen LogP contribution in [0.15, 0.2) is 11.4 Å². The van der Waals surface area contributed by atoms with E-state index in [4.69, 9.17) is 4.74 Å². The quantitative estimate of drug-likeness (QED) is 0.619. The van der Waals surface area contributed by atoms with Crippen LogP contribution in [0.2, 0.25) is 0 Å². The van der Waals surface area contributed by atoms with E-state index in [9.17, 15) is 8.42 Å². The van der Waals surface area contributed by atoms with E-state index in [1.165, 1.54) is 19.3 Å². The lowest BCUT2D eigenvalue weighted by Crippen LogP contribution is -2.39. The molecule has 6 nitrogen and oxygen atoms in total. The van der Waals surface area contributed by atoms with E-state index < -0.39 is 9.84 Å². The summed E-state index contributed by atoms with van der Waals surface area (Å²) in [5, 5.41) is 0.204. The molecule has 0 aromatic carbocycles. The first-order valence-corrected chi connectivity index (χ1v) is 11.5. The van der Waals surface area contributed by atoms with Crippen molar-refractivity contribution in [2.75, 3.05) is 26.0 Å². The molecule has 1 aromatic rings. The molecule has 150 valence electrons. The van der Waals surface area contributed by atoms with Crippen LogP contribution in [0.5, 0.6) is 0 Å². The third kappa shape index (κ3) is 5.54. The maximum absolute atomic E-state index is 12.8. The van der Waals surface area contributed by atoms with E-state index in [0.717, 1.165) is 25.2 Å². The molecule has 7 heteroatoms. The van der Waals surface area contributed by atoms with Gasteiger partial charge in [0.25, 0.3) is 0 Å². The monoisotopic (exact) mass is 385 g/mol. The van der Waals surface area contributed by atoms with E-state index in [-0.39, 0.29) is 10.9 Å². The number of hydrogen-bond donors (Lipinski definition) is 0. The highest BCUT2D eigenvalue weighted by Gasteiger charge is 2.26. The molecule has 1 aliphatic heterocycles. The molecule has 0 amide bonds. The molecule has 1 aliphatic rings. The number of methoxy groups -OCH3 is 1. The highest BCUT2D eigenvalue weighted by molar-refractivity contribution is 7.91. The zero-order chi connectivity index (χ0) is 19.2. The number of ether oxygens (including phenoxy) is 1. The number of rotatable bonds is 10. The first kappa shape index (κ1) is 21.4. The standard InChI is InChI=1S/C19H35N3O3S/c1-5-17-8-6-7-10-21(17)15-18-14-20-19(22(18)11-12-25-4)26(23,24)13-9-16(2)3/h14,16-17H,5-13,15H2,1-4H3. The van der Waals surface area contributed by atoms with E-state index in [2.05, 4.69) is 16.8 Å². The Morgan fingerprint density at radius 1 is 1.35 bits per heavy atom. The van der Waals surface area contributed by atoms with E-state index in [1.54, 1.807) is 13.3 Å². The van der Waals surface area contributed by atoms with Gasteiger partial charge in [-0.2, -0.15) is 0 Å². The fourth-order valence-corrected chi connectivity index (χ4v) is 5.33. The number of aromatic nitrogens is 2. The average molecular weight is 386 g/mol. The van der Waals surface area contributed by atoms with Crippen LogP contribution in [0.1, 0.15) is 58.6 Å². The third-order valence-corrected chi connectivity index (χ3v) is 6.90. The van der Waals surface area contributed by atoms with Gasteiger partial charge in [0.05, 0.1) is 24.3 Å². The lowest BCUT2D eigenvalue weighted by atomic mass is 10.00. The van der Waals surface area contributed by atoms with Gasteiger partial charge in [-0.1, -0.05) is 27.2 Å². The molecule has 0 saturated carbocycles. The van der Waals surface area contributed by atoms with Crippen LogP contribution in [-0.4, -0.2) is 54.9 Å². The predicted molar refractivity (Wildman–Crippen MR) is 104 cm³/mol. The van der Waals surface area contributed by atoms with Gasteiger partial charge < -0.3 is 9.30 Å². The van der Waals surface area contributed by atoms with Crippen molar-refractivity contribution >= 4 is 9.84 Å². The molecule has 0 N–H and O–H groups in total. The van der Waals surface area contributed by atoms with Crippen molar-refractivity contribution in [3.8, 4) is 0 Å². The second-order valence-corrected chi connectivity index (χ2v) is 9.71. The molecule has 1 aromatic heterocycles. The summed E-state index contributed by atoms with van der Waals surface area (Å²) in [7, 11) is -1.74. The summed E-state index contributed by atoms with van der Waals surface area (Å²) in [6, 6.07) is 0.579. The minimum atomic E-state index is -3.38. The van der Waals surface area contributed by atoms with Crippen molar-refractivity contribution < 1.29 is 13.2 Å². The van der Waals surface area contributed by atoms with Gasteiger partial charge in [-0.05, 0) is 38.1 Å². The molecule has 1 saturated heterocycles. The minimum absolute atomic E-state index is 0.148. The minimum Gasteiger partial charge on any atom is -0.383 e. The fourth-order valence-electron chi connectivity index (χ4n) is 3.61. The highest BCUT2D eigenvalue weighted by atomic mass is 32.2. The summed E-state index contributed by atoms with van der Waals surface area (Å²) in [6.07, 6.45) is 7.25. The molecule has 2 heterocycles. The van der Waals surface area contributed by atoms with Crippen LogP contribution in [-0.2, 0) is 27.7 Å². The molecule has 2 rings (SSSR count). The molecule has 0 radical (unpaired) electrons. The van der Waals surface area contributed by atoms with Gasteiger partial charge in [0, 0.05) is 26.2 Å². The maximum atomic E-state index is 12.8. The molecular formula is C19H35N3O3S. The summed E-state index contributed by atoms with van der Waals surface area (Å²) >= 11 is 0. The van der Waals surface area contributed by atoms with Crippen LogP contribution in [0.4, 0.5) is 0 Å². The fraction of sp³-hybridized carbons (Fsp3) is 0.842. The van der Waals surface area contributed by atoms with Crippen molar-refractivity contribution in [1.29, 1.82) is 0 Å². The van der Waals surface area contributed by atoms with Gasteiger partial charge in [0.2, 0.25) is 15.0 Å². The van der Waals surface area contributed by atoms with Crippen molar-refractivity contribution in [3.05, 3.63) is 11.9 Å². The largest absolute Gasteiger partial charge is 0.383 e. The third-order valence-electron chi connectivity index (χ3n) is 5.25. The molecule has 1 unspecified atom stereocenters. The summed E-state index contributed by atoms with van der Waals surface area (Å²) in [5.74, 6) is 0.500. The van der Waals surface area contributed by atoms with Crippen molar-refractivity contribution in [2.45, 2.75) is 77.2 Å². The molecule has 26 heavy (non-hydrogen) atoms. The number of hydrogen-bond acceptors (Lipinski definition) is 5. The second kappa shape index (κ2) is 9.85. The van der Waals surface area contributed by atoms with Crippen LogP contribution in [0, 0.1) is 5.92 Å². The zero-order valence-corrected chi connectivity index (χ0v) is 17.6. The molecule has 0 spiro atoms. The highest BCUT2D eigenvalue weighted by Crippen LogP contribution is 2.23. The number of likely N-dealkylation sites (tertiary alicyclic amines) is 1. The van der Waals surface area contributed by atoms with Crippen molar-refractivity contribution in [3.63, 3.8) is 0 Å². The molecule has 0 aliphatic carbocycles. The lowest BCUT2D eigenvalue weighted by molar-refractivity contribution is 0.130. The molecule has 1 fully saturated rings. The summed E-state index contributed by atoms with van der Waals surface area (Å²) in [6.45, 7) is 9.14. The molecular weight excluding hydrogens is 350 g/mol. The number of imidazole rings is 1. The Morgan fingerprint density at radius 2 is 2.12 bits per heavy atom. The lowest BCUT2D eigenvalue weighted by Gasteiger charge is -2.35. The van der Waals surface area contributed by atoms with Crippen molar-refractivity contribution in [1.82, 2.24) is 14.5 Å². The maximum Gasteiger partial charge on any atom is 0.227 e. The zero-order valence-electron chi connectivity index (χ0n) is 16.8. The molecule has 1 atom stereocenters. The molecule has 0 bridgehead atoms. The van der Waals surface area contributed by atoms with Gasteiger partial charge in [-0.3, -0.25) is 4.90 Å². The normalized spacial score (nSPS) is 19.3. The average Bonchev–Trinajstić information content (AvgIpc) is 3.02. The van der Waals surface area contributed by atoms with Gasteiger partial charge in [-0.15, -0.1) is 0 Å². The summed E-state index contributed by atoms with van der Waals surface area (Å²) in [5.41, 5.74) is 0.977. The Morgan fingerprint density at radius 3 is 2.77 bits per heavy atom. The Hall–Kier alpha value is -0.920. The van der Waals surface area contributed by atoms with Crippen LogP contribution < -0.4 is 0 Å². The van der Waals surface area contributed by atoms with E-state index in [1.807, 2.05) is 18.4 Å². The van der Waals surface area contributed by atoms with Crippen LogP contribution >= 0.6 is 0 Å². The van der Waals surface area contributed by atoms with Gasteiger partial charge in [0.1, 0.15) is 0 Å². The topological polar surface area (TPSA) is 64.4 Å². The summed E-state index contributed by atoms with van der Waals surface area (Å²) in [4.78, 5) is 6.81. The van der Waals surface area contributed by atoms with Crippen molar-refractivity contribution in [2.24, 2.45) is 5.92 Å². The first-order valence-electron chi connectivity index (χ1n) is 9.89. The van der Waals surface area contributed by atoms with Gasteiger partial charge >= 0.3 is 0 Å². The number of sulfone groups is 1. The second-order valence-electron chi connectivity index (χ2n) is 7.71. The van der Waals surface area contributed by atoms with Crippen LogP contribution in [0.3, 0.4) is 0 Å². The SMILES string of the molecule is CCC1CCCCN1Cc1cnc(S(=O)(=O)CCC(C)C)n1CCOC. The Balaban J connectivity index is 2.25. The van der Waals surface area contributed by atoms with Gasteiger partial charge in [0.15, 0.2) is 0 Å². The first-order chi connectivity index (χ1) is 12.4. The smallest absolute Gasteiger partial charge is 0.227 e. The predicted octanol–water partition coefficient (Wildman–Crippen LogP) is 3.11. The van der Waals surface area contributed by atoms with Gasteiger partial charge in [-0.25, -0.2) is 13.4 Å². The Bertz CT molecular complexity index is 655. The Kier molecular flexibility index (Phi) is 8.10. The summed E-state index contributed by atoms with van der Waals surface area (Å²) < 4.78 is 32.7. The number of piperidine rings is 1. The Labute approximate surface area is 158 Å².